The van der Waals surface area contributed by atoms with Crippen molar-refractivity contribution in [3.63, 3.8) is 0 Å². The lowest BCUT2D eigenvalue weighted by Gasteiger charge is -2.29. The number of cyclic esters (lactones) is 1. The van der Waals surface area contributed by atoms with Crippen molar-refractivity contribution < 1.29 is 22.7 Å². The molecule has 0 bridgehead atoms. The number of hydrogen-bond acceptors (Lipinski definition) is 6. The Labute approximate surface area is 175 Å². The molecule has 10 heteroatoms. The van der Waals surface area contributed by atoms with Gasteiger partial charge in [-0.2, -0.15) is 18.4 Å². The zero-order chi connectivity index (χ0) is 21.5. The average Bonchev–Trinajstić information content (AvgIpc) is 3.51. The van der Waals surface area contributed by atoms with Crippen LogP contribution in [0.1, 0.15) is 30.9 Å². The summed E-state index contributed by atoms with van der Waals surface area (Å²) in [4.78, 5) is 22.0. The summed E-state index contributed by atoms with van der Waals surface area (Å²) < 4.78 is 43.5. The molecule has 1 saturated carbocycles. The third-order valence-electron chi connectivity index (χ3n) is 5.08. The highest BCUT2D eigenvalue weighted by atomic mass is 32.2. The van der Waals surface area contributed by atoms with Crippen molar-refractivity contribution in [1.82, 2.24) is 9.97 Å². The van der Waals surface area contributed by atoms with Gasteiger partial charge in [0.25, 0.3) is 0 Å². The number of carbonyl (C=O) groups excluding carboxylic acids is 1. The summed E-state index contributed by atoms with van der Waals surface area (Å²) in [7, 11) is 0. The molecule has 1 fully saturated rings. The van der Waals surface area contributed by atoms with Gasteiger partial charge in [0.1, 0.15) is 18.8 Å². The SMILES string of the molecule is CCSc1cc(C2(C#N)CC2)cnc1-c1cc2c(cn1)N(CC(F)(F)F)C(=O)OC2. The van der Waals surface area contributed by atoms with E-state index in [-0.39, 0.29) is 12.3 Å². The van der Waals surface area contributed by atoms with Crippen LogP contribution in [0.15, 0.2) is 29.4 Å². The second-order valence-electron chi connectivity index (χ2n) is 7.15. The van der Waals surface area contributed by atoms with E-state index in [2.05, 4.69) is 16.0 Å². The van der Waals surface area contributed by atoms with Gasteiger partial charge in [0.15, 0.2) is 0 Å². The molecule has 0 aromatic carbocycles. The maximum absolute atomic E-state index is 12.9. The lowest BCUT2D eigenvalue weighted by atomic mass is 9.99. The molecular weight excluding hydrogens is 417 g/mol. The summed E-state index contributed by atoms with van der Waals surface area (Å²) in [6, 6.07) is 5.90. The highest BCUT2D eigenvalue weighted by Gasteiger charge is 2.45. The number of halogens is 3. The first-order valence-electron chi connectivity index (χ1n) is 9.31. The van der Waals surface area contributed by atoms with Crippen molar-refractivity contribution in [2.75, 3.05) is 17.2 Å². The van der Waals surface area contributed by atoms with E-state index in [1.165, 1.54) is 6.20 Å². The van der Waals surface area contributed by atoms with Crippen LogP contribution in [0.5, 0.6) is 0 Å². The molecular formula is C20H17F3N4O2S. The van der Waals surface area contributed by atoms with Gasteiger partial charge in [0, 0.05) is 16.7 Å². The second-order valence-corrected chi connectivity index (χ2v) is 8.46. The molecule has 1 amide bonds. The Balaban J connectivity index is 1.72. The lowest BCUT2D eigenvalue weighted by Crippen LogP contribution is -2.42. The number of carbonyl (C=O) groups is 1. The third kappa shape index (κ3) is 3.81. The number of fused-ring (bicyclic) bond motifs is 1. The molecule has 30 heavy (non-hydrogen) atoms. The zero-order valence-electron chi connectivity index (χ0n) is 16.0. The van der Waals surface area contributed by atoms with E-state index in [0.717, 1.165) is 29.1 Å². The molecule has 3 heterocycles. The molecule has 2 aromatic heterocycles. The zero-order valence-corrected chi connectivity index (χ0v) is 16.8. The minimum atomic E-state index is -4.56. The Kier molecular flexibility index (Phi) is 5.10. The lowest BCUT2D eigenvalue weighted by molar-refractivity contribution is -0.119. The van der Waals surface area contributed by atoms with Crippen molar-refractivity contribution in [2.45, 2.75) is 42.9 Å². The number of nitriles is 1. The van der Waals surface area contributed by atoms with E-state index in [4.69, 9.17) is 4.74 Å². The summed E-state index contributed by atoms with van der Waals surface area (Å²) in [6.07, 6.45) is -1.08. The molecule has 2 aliphatic rings. The number of alkyl halides is 3. The van der Waals surface area contributed by atoms with Crippen LogP contribution in [0, 0.1) is 11.3 Å². The van der Waals surface area contributed by atoms with E-state index >= 15 is 0 Å². The second kappa shape index (κ2) is 7.47. The summed E-state index contributed by atoms with van der Waals surface area (Å²) in [5, 5.41) is 9.45. The van der Waals surface area contributed by atoms with E-state index in [1.807, 2.05) is 13.0 Å². The third-order valence-corrected chi connectivity index (χ3v) is 5.99. The van der Waals surface area contributed by atoms with Crippen LogP contribution in [0.25, 0.3) is 11.4 Å². The van der Waals surface area contributed by atoms with Crippen molar-refractivity contribution >= 4 is 23.5 Å². The predicted octanol–water partition coefficient (Wildman–Crippen LogP) is 4.83. The molecule has 0 unspecified atom stereocenters. The van der Waals surface area contributed by atoms with Gasteiger partial charge in [-0.3, -0.25) is 14.9 Å². The molecule has 0 saturated heterocycles. The van der Waals surface area contributed by atoms with Crippen LogP contribution in [-0.2, 0) is 16.8 Å². The number of rotatable bonds is 5. The monoisotopic (exact) mass is 434 g/mol. The first kappa shape index (κ1) is 20.5. The first-order valence-corrected chi connectivity index (χ1v) is 10.3. The highest BCUT2D eigenvalue weighted by Crippen LogP contribution is 2.48. The van der Waals surface area contributed by atoms with E-state index < -0.39 is 24.2 Å². The molecule has 6 nitrogen and oxygen atoms in total. The van der Waals surface area contributed by atoms with Crippen LogP contribution in [0.3, 0.4) is 0 Å². The van der Waals surface area contributed by atoms with Crippen LogP contribution in [-0.4, -0.2) is 34.5 Å². The number of hydrogen-bond donors (Lipinski definition) is 0. The van der Waals surface area contributed by atoms with Gasteiger partial charge >= 0.3 is 12.3 Å². The predicted molar refractivity (Wildman–Crippen MR) is 104 cm³/mol. The molecule has 0 N–H and O–H groups in total. The van der Waals surface area contributed by atoms with Crippen LogP contribution < -0.4 is 4.90 Å². The van der Waals surface area contributed by atoms with Gasteiger partial charge in [-0.05, 0) is 36.3 Å². The standard InChI is InChI=1S/C20H17F3N4O2S/c1-2-30-16-6-13(19(10-24)3-4-19)7-26-17(16)14-5-12-9-29-18(28)27(11-20(21,22)23)15(12)8-25-14/h5-8H,2-4,9,11H2,1H3. The Morgan fingerprint density at radius 3 is 2.70 bits per heavy atom. The number of nitrogens with zero attached hydrogens (tertiary/aromatic N) is 4. The summed E-state index contributed by atoms with van der Waals surface area (Å²) in [6.45, 7) is 0.414. The van der Waals surface area contributed by atoms with Crippen LogP contribution in [0.4, 0.5) is 23.7 Å². The van der Waals surface area contributed by atoms with Crippen molar-refractivity contribution in [3.8, 4) is 17.5 Å². The number of thioether (sulfide) groups is 1. The molecule has 0 spiro atoms. The fourth-order valence-corrected chi connectivity index (χ4v) is 4.19. The van der Waals surface area contributed by atoms with E-state index in [0.29, 0.717) is 21.9 Å². The van der Waals surface area contributed by atoms with Gasteiger partial charge in [0.05, 0.1) is 29.1 Å². The Hall–Kier alpha value is -2.80. The number of pyridine rings is 2. The summed E-state index contributed by atoms with van der Waals surface area (Å²) in [5.41, 5.74) is 1.97. The Morgan fingerprint density at radius 1 is 1.30 bits per heavy atom. The van der Waals surface area contributed by atoms with Gasteiger partial charge in [-0.25, -0.2) is 4.79 Å². The molecule has 2 aromatic rings. The minimum Gasteiger partial charge on any atom is -0.444 e. The Bertz CT molecular complexity index is 1050. The van der Waals surface area contributed by atoms with Crippen molar-refractivity contribution in [3.05, 3.63) is 35.7 Å². The topological polar surface area (TPSA) is 79.1 Å². The number of ether oxygens (including phenoxy) is 1. The molecule has 156 valence electrons. The number of amides is 1. The fourth-order valence-electron chi connectivity index (χ4n) is 3.38. The largest absolute Gasteiger partial charge is 0.444 e. The fraction of sp³-hybridized carbons (Fsp3) is 0.400. The van der Waals surface area contributed by atoms with Crippen molar-refractivity contribution in [2.24, 2.45) is 0 Å². The van der Waals surface area contributed by atoms with E-state index in [9.17, 15) is 23.2 Å². The van der Waals surface area contributed by atoms with Crippen molar-refractivity contribution in [1.29, 1.82) is 5.26 Å². The molecule has 0 radical (unpaired) electrons. The first-order chi connectivity index (χ1) is 14.3. The van der Waals surface area contributed by atoms with Gasteiger partial charge < -0.3 is 4.74 Å². The van der Waals surface area contributed by atoms with Gasteiger partial charge in [-0.1, -0.05) is 6.92 Å². The molecule has 1 aliphatic heterocycles. The van der Waals surface area contributed by atoms with Crippen LogP contribution >= 0.6 is 11.8 Å². The Morgan fingerprint density at radius 2 is 2.07 bits per heavy atom. The molecule has 1 aliphatic carbocycles. The maximum Gasteiger partial charge on any atom is 0.414 e. The summed E-state index contributed by atoms with van der Waals surface area (Å²) >= 11 is 1.56. The molecule has 4 rings (SSSR count). The number of aromatic nitrogens is 2. The van der Waals surface area contributed by atoms with Gasteiger partial charge in [0.2, 0.25) is 0 Å². The number of anilines is 1. The summed E-state index contributed by atoms with van der Waals surface area (Å²) in [5.74, 6) is 0.777. The maximum atomic E-state index is 12.9. The van der Waals surface area contributed by atoms with Crippen LogP contribution in [0.2, 0.25) is 0 Å². The molecule has 0 atom stereocenters. The smallest absolute Gasteiger partial charge is 0.414 e. The quantitative estimate of drug-likeness (QED) is 0.627. The van der Waals surface area contributed by atoms with E-state index in [1.54, 1.807) is 24.0 Å². The average molecular weight is 434 g/mol. The highest BCUT2D eigenvalue weighted by molar-refractivity contribution is 7.99. The normalized spacial score (nSPS) is 17.2. The minimum absolute atomic E-state index is 0.0788. The van der Waals surface area contributed by atoms with Gasteiger partial charge in [-0.15, -0.1) is 11.8 Å².